The molecule has 39 heavy (non-hydrogen) atoms. The molecule has 1 amide bonds. The van der Waals surface area contributed by atoms with Gasteiger partial charge in [-0.25, -0.2) is 19.2 Å². The van der Waals surface area contributed by atoms with Crippen molar-refractivity contribution in [3.05, 3.63) is 30.0 Å². The number of amides is 1. The van der Waals surface area contributed by atoms with Crippen LogP contribution in [0.25, 0.3) is 21.9 Å². The summed E-state index contributed by atoms with van der Waals surface area (Å²) in [6.45, 7) is 18.8. The maximum Gasteiger partial charge on any atom is 0.410 e. The highest BCUT2D eigenvalue weighted by atomic mass is 28.3. The Morgan fingerprint density at radius 1 is 1.15 bits per heavy atom. The van der Waals surface area contributed by atoms with Crippen molar-refractivity contribution in [3.63, 3.8) is 0 Å². The summed E-state index contributed by atoms with van der Waals surface area (Å²) >= 11 is 0. The summed E-state index contributed by atoms with van der Waals surface area (Å²) < 4.78 is 29.0. The quantitative estimate of drug-likeness (QED) is 0.211. The Labute approximate surface area is 231 Å². The van der Waals surface area contributed by atoms with Crippen LogP contribution in [0.3, 0.4) is 0 Å². The number of fused-ring (bicyclic) bond motifs is 3. The largest absolute Gasteiger partial charge is 0.444 e. The monoisotopic (exact) mass is 556 g/mol. The summed E-state index contributed by atoms with van der Waals surface area (Å²) in [5.41, 5.74) is 1.29. The molecule has 0 aromatic carbocycles. The van der Waals surface area contributed by atoms with Gasteiger partial charge in [0.2, 0.25) is 0 Å². The van der Waals surface area contributed by atoms with E-state index in [9.17, 15) is 10.1 Å². The molecule has 212 valence electrons. The Kier molecular flexibility index (Phi) is 9.56. The third-order valence-corrected chi connectivity index (χ3v) is 8.09. The van der Waals surface area contributed by atoms with Crippen molar-refractivity contribution >= 4 is 41.8 Å². The molecule has 0 radical (unpaired) electrons. The van der Waals surface area contributed by atoms with E-state index >= 15 is 4.39 Å². The predicted molar refractivity (Wildman–Crippen MR) is 155 cm³/mol. The highest BCUT2D eigenvalue weighted by Gasteiger charge is 2.25. The highest BCUT2D eigenvalue weighted by molar-refractivity contribution is 6.76. The lowest BCUT2D eigenvalue weighted by Crippen LogP contribution is -2.41. The average Bonchev–Trinajstić information content (AvgIpc) is 3.16. The predicted octanol–water partition coefficient (Wildman–Crippen LogP) is 5.99. The lowest BCUT2D eigenvalue weighted by molar-refractivity contribution is 0.0265. The van der Waals surface area contributed by atoms with Crippen LogP contribution >= 0.6 is 0 Å². The fourth-order valence-electron chi connectivity index (χ4n) is 4.31. The molecule has 0 saturated carbocycles. The van der Waals surface area contributed by atoms with Gasteiger partial charge in [0.1, 0.15) is 29.7 Å². The second-order valence-corrected chi connectivity index (χ2v) is 17.4. The summed E-state index contributed by atoms with van der Waals surface area (Å²) in [4.78, 5) is 24.9. The van der Waals surface area contributed by atoms with Crippen LogP contribution in [0.1, 0.15) is 40.3 Å². The molecular weight excluding hydrogens is 515 g/mol. The number of ether oxygens (including phenoxy) is 2. The van der Waals surface area contributed by atoms with Crippen molar-refractivity contribution < 1.29 is 18.7 Å². The second-order valence-electron chi connectivity index (χ2n) is 11.8. The van der Waals surface area contributed by atoms with Gasteiger partial charge in [-0.05, 0) is 46.7 Å². The summed E-state index contributed by atoms with van der Waals surface area (Å²) in [7, 11) is -1.27. The Morgan fingerprint density at radius 3 is 2.46 bits per heavy atom. The lowest BCUT2D eigenvalue weighted by atomic mass is 10.1. The number of carbonyl (C=O) groups excluding carboxylic acids is 1. The van der Waals surface area contributed by atoms with Gasteiger partial charge in [0.15, 0.2) is 5.82 Å². The first-order valence-corrected chi connectivity index (χ1v) is 17.2. The molecule has 3 aromatic heterocycles. The molecule has 9 nitrogen and oxygen atoms in total. The van der Waals surface area contributed by atoms with Gasteiger partial charge in [-0.3, -0.25) is 4.57 Å². The van der Waals surface area contributed by atoms with E-state index in [4.69, 9.17) is 9.47 Å². The molecular formula is C28H41FN6O3Si. The molecule has 11 heteroatoms. The number of likely N-dealkylation sites (N-methyl/N-ethyl adjacent to an activating group) is 2. The first-order chi connectivity index (χ1) is 18.3. The van der Waals surface area contributed by atoms with Crippen molar-refractivity contribution in [2.75, 3.05) is 37.7 Å². The van der Waals surface area contributed by atoms with Crippen molar-refractivity contribution in [3.8, 4) is 6.07 Å². The maximum atomic E-state index is 15.6. The summed E-state index contributed by atoms with van der Waals surface area (Å²) in [5.74, 6) is -0.473. The van der Waals surface area contributed by atoms with Gasteiger partial charge in [0.05, 0.1) is 29.0 Å². The van der Waals surface area contributed by atoms with E-state index in [2.05, 4.69) is 35.7 Å². The summed E-state index contributed by atoms with van der Waals surface area (Å²) in [5, 5.41) is 10.8. The van der Waals surface area contributed by atoms with E-state index in [1.807, 2.05) is 44.1 Å². The average molecular weight is 557 g/mol. The first-order valence-electron chi connectivity index (χ1n) is 13.5. The number of nitriles is 1. The Bertz CT molecular complexity index is 1360. The normalized spacial score (nSPS) is 12.1. The van der Waals surface area contributed by atoms with Gasteiger partial charge < -0.3 is 19.3 Å². The van der Waals surface area contributed by atoms with Gasteiger partial charge in [0, 0.05) is 46.2 Å². The first kappa shape index (κ1) is 30.3. The Balaban J connectivity index is 2.03. The van der Waals surface area contributed by atoms with Gasteiger partial charge in [-0.2, -0.15) is 5.26 Å². The van der Waals surface area contributed by atoms with Crippen LogP contribution in [-0.4, -0.2) is 72.0 Å². The molecule has 0 aliphatic rings. The molecule has 3 rings (SSSR count). The van der Waals surface area contributed by atoms with Crippen LogP contribution in [0.2, 0.25) is 25.7 Å². The van der Waals surface area contributed by atoms with E-state index in [1.165, 1.54) is 6.20 Å². The van der Waals surface area contributed by atoms with Crippen molar-refractivity contribution in [1.82, 2.24) is 19.4 Å². The molecule has 0 spiro atoms. The molecule has 0 unspecified atom stereocenters. The summed E-state index contributed by atoms with van der Waals surface area (Å²) in [6.07, 6.45) is 2.44. The van der Waals surface area contributed by atoms with Crippen molar-refractivity contribution in [2.45, 2.75) is 72.6 Å². The molecule has 0 saturated heterocycles. The molecule has 0 atom stereocenters. The standard InChI is InChI=1S/C28H41FN6O3Si/c1-9-33(11-12-34(10-2)27(36)38-28(3,4)5)25-22(29)17-32-26-24(25)21-15-20(16-30)31-18-23(21)35(26)19-37-13-14-39(6,7)8/h15,17-18H,9-14,19H2,1-8H3. The van der Waals surface area contributed by atoms with Crippen LogP contribution in [0.15, 0.2) is 18.5 Å². The lowest BCUT2D eigenvalue weighted by Gasteiger charge is -2.30. The van der Waals surface area contributed by atoms with Crippen LogP contribution < -0.4 is 4.90 Å². The van der Waals surface area contributed by atoms with E-state index < -0.39 is 25.6 Å². The molecule has 0 N–H and O–H groups in total. The SMILES string of the molecule is CCN(CCN(CC)c1c(F)cnc2c1c1cc(C#N)ncc1n2COCC[Si](C)(C)C)C(=O)OC(C)(C)C. The number of rotatable bonds is 11. The molecule has 3 heterocycles. The molecule has 0 aliphatic carbocycles. The van der Waals surface area contributed by atoms with Crippen LogP contribution in [0, 0.1) is 17.1 Å². The van der Waals surface area contributed by atoms with Gasteiger partial charge >= 0.3 is 6.09 Å². The minimum absolute atomic E-state index is 0.238. The number of halogens is 1. The molecule has 0 fully saturated rings. The molecule has 0 aliphatic heterocycles. The maximum absolute atomic E-state index is 15.6. The van der Waals surface area contributed by atoms with Crippen molar-refractivity contribution in [1.29, 1.82) is 5.26 Å². The second kappa shape index (κ2) is 12.3. The van der Waals surface area contributed by atoms with Crippen molar-refractivity contribution in [2.24, 2.45) is 0 Å². The number of carbonyl (C=O) groups is 1. The van der Waals surface area contributed by atoms with Gasteiger partial charge in [-0.1, -0.05) is 19.6 Å². The molecule has 0 bridgehead atoms. The third kappa shape index (κ3) is 7.45. The zero-order chi connectivity index (χ0) is 29.0. The fourth-order valence-corrected chi connectivity index (χ4v) is 5.07. The molecule has 3 aromatic rings. The van der Waals surface area contributed by atoms with E-state index in [1.54, 1.807) is 17.2 Å². The van der Waals surface area contributed by atoms with Crippen LogP contribution in [0.5, 0.6) is 0 Å². The number of hydrogen-bond acceptors (Lipinski definition) is 7. The highest BCUT2D eigenvalue weighted by Crippen LogP contribution is 2.37. The summed E-state index contributed by atoms with van der Waals surface area (Å²) in [6, 6.07) is 4.78. The number of nitrogens with zero attached hydrogens (tertiary/aromatic N) is 6. The topological polar surface area (TPSA) is 96.5 Å². The fraction of sp³-hybridized carbons (Fsp3) is 0.571. The zero-order valence-corrected chi connectivity index (χ0v) is 25.5. The smallest absolute Gasteiger partial charge is 0.410 e. The van der Waals surface area contributed by atoms with E-state index in [0.29, 0.717) is 54.9 Å². The minimum atomic E-state index is -1.27. The number of aromatic nitrogens is 3. The number of anilines is 1. The van der Waals surface area contributed by atoms with E-state index in [-0.39, 0.29) is 12.4 Å². The van der Waals surface area contributed by atoms with Gasteiger partial charge in [0.25, 0.3) is 0 Å². The van der Waals surface area contributed by atoms with Crippen LogP contribution in [0.4, 0.5) is 14.9 Å². The zero-order valence-electron chi connectivity index (χ0n) is 24.5. The number of hydrogen-bond donors (Lipinski definition) is 0. The third-order valence-electron chi connectivity index (χ3n) is 6.39. The number of pyridine rings is 2. The Hall–Kier alpha value is -3.23. The Morgan fingerprint density at radius 2 is 1.87 bits per heavy atom. The minimum Gasteiger partial charge on any atom is -0.444 e. The van der Waals surface area contributed by atoms with Gasteiger partial charge in [-0.15, -0.1) is 0 Å². The van der Waals surface area contributed by atoms with E-state index in [0.717, 1.165) is 11.6 Å². The van der Waals surface area contributed by atoms with Crippen LogP contribution in [-0.2, 0) is 16.2 Å².